The van der Waals surface area contributed by atoms with Crippen LogP contribution < -0.4 is 5.32 Å². The van der Waals surface area contributed by atoms with Crippen molar-refractivity contribution < 1.29 is 9.90 Å². The number of carbonyl (C=O) groups excluding carboxylic acids is 1. The molecule has 1 atom stereocenters. The molecule has 0 saturated carbocycles. The van der Waals surface area contributed by atoms with Gasteiger partial charge in [0.05, 0.1) is 12.3 Å². The summed E-state index contributed by atoms with van der Waals surface area (Å²) in [6.45, 7) is 2.99. The third kappa shape index (κ3) is 3.75. The summed E-state index contributed by atoms with van der Waals surface area (Å²) in [5, 5.41) is 12.3. The van der Waals surface area contributed by atoms with Crippen molar-refractivity contribution in [3.63, 3.8) is 0 Å². The topological polar surface area (TPSA) is 78.4 Å². The number of aromatic nitrogens is 2. The third-order valence-electron chi connectivity index (χ3n) is 2.99. The van der Waals surface area contributed by atoms with E-state index in [1.807, 2.05) is 0 Å². The minimum Gasteiger partial charge on any atom is -0.392 e. The molecule has 1 amide bonds. The highest BCUT2D eigenvalue weighted by molar-refractivity contribution is 5.91. The van der Waals surface area contributed by atoms with Gasteiger partial charge in [-0.2, -0.15) is 0 Å². The molecule has 0 aromatic carbocycles. The van der Waals surface area contributed by atoms with E-state index in [4.69, 9.17) is 0 Å². The van der Waals surface area contributed by atoms with E-state index < -0.39 is 0 Å². The molecule has 1 unspecified atom stereocenters. The Hall–Kier alpha value is -1.53. The average molecular weight is 250 g/mol. The first-order valence-electron chi connectivity index (χ1n) is 6.20. The number of likely N-dealkylation sites (tertiary alicyclic amines) is 1. The Balaban J connectivity index is 1.70. The van der Waals surface area contributed by atoms with E-state index in [0.717, 1.165) is 25.9 Å². The van der Waals surface area contributed by atoms with Gasteiger partial charge in [0.25, 0.3) is 5.91 Å². The minimum absolute atomic E-state index is 0.208. The lowest BCUT2D eigenvalue weighted by atomic mass is 10.1. The number of β-amino-alcohol motifs (C(OH)–C–C–N with tert-alkyl or cyclic N) is 1. The maximum atomic E-state index is 11.7. The van der Waals surface area contributed by atoms with Crippen molar-refractivity contribution in [1.82, 2.24) is 20.2 Å². The Kier molecular flexibility index (Phi) is 4.60. The molecule has 1 aromatic heterocycles. The van der Waals surface area contributed by atoms with Gasteiger partial charge in [0.1, 0.15) is 5.69 Å². The first-order valence-corrected chi connectivity index (χ1v) is 6.20. The van der Waals surface area contributed by atoms with E-state index in [1.165, 1.54) is 18.6 Å². The fourth-order valence-electron chi connectivity index (χ4n) is 2.07. The second kappa shape index (κ2) is 6.42. The Morgan fingerprint density at radius 3 is 3.17 bits per heavy atom. The molecule has 1 aliphatic rings. The zero-order chi connectivity index (χ0) is 12.8. The molecule has 98 valence electrons. The number of carbonyl (C=O) groups is 1. The summed E-state index contributed by atoms with van der Waals surface area (Å²) < 4.78 is 0. The number of amides is 1. The van der Waals surface area contributed by atoms with Crippen molar-refractivity contribution in [1.29, 1.82) is 0 Å². The van der Waals surface area contributed by atoms with Crippen LogP contribution in [0.5, 0.6) is 0 Å². The normalized spacial score (nSPS) is 20.6. The van der Waals surface area contributed by atoms with Gasteiger partial charge in [0.2, 0.25) is 0 Å². The molecule has 1 aliphatic heterocycles. The molecule has 0 spiro atoms. The van der Waals surface area contributed by atoms with Gasteiger partial charge in [-0.05, 0) is 19.4 Å². The van der Waals surface area contributed by atoms with E-state index in [-0.39, 0.29) is 12.0 Å². The van der Waals surface area contributed by atoms with Crippen LogP contribution in [0.25, 0.3) is 0 Å². The van der Waals surface area contributed by atoms with Crippen LogP contribution in [0.4, 0.5) is 0 Å². The Morgan fingerprint density at radius 1 is 1.56 bits per heavy atom. The van der Waals surface area contributed by atoms with Crippen molar-refractivity contribution >= 4 is 5.91 Å². The molecular weight excluding hydrogens is 232 g/mol. The van der Waals surface area contributed by atoms with Crippen LogP contribution in [0.1, 0.15) is 23.3 Å². The summed E-state index contributed by atoms with van der Waals surface area (Å²) in [4.78, 5) is 21.6. The van der Waals surface area contributed by atoms with Crippen molar-refractivity contribution in [2.75, 3.05) is 26.2 Å². The van der Waals surface area contributed by atoms with Crippen LogP contribution in [0.2, 0.25) is 0 Å². The number of piperidine rings is 1. The smallest absolute Gasteiger partial charge is 0.271 e. The van der Waals surface area contributed by atoms with Gasteiger partial charge >= 0.3 is 0 Å². The molecule has 2 rings (SSSR count). The molecule has 0 radical (unpaired) electrons. The zero-order valence-corrected chi connectivity index (χ0v) is 10.2. The molecule has 0 aliphatic carbocycles. The minimum atomic E-state index is -0.227. The van der Waals surface area contributed by atoms with E-state index in [0.29, 0.717) is 18.8 Å². The van der Waals surface area contributed by atoms with Crippen molar-refractivity contribution in [2.45, 2.75) is 18.9 Å². The Bertz CT molecular complexity index is 385. The van der Waals surface area contributed by atoms with Crippen molar-refractivity contribution in [3.05, 3.63) is 24.3 Å². The Morgan fingerprint density at radius 2 is 2.44 bits per heavy atom. The molecular formula is C12H18N4O2. The average Bonchev–Trinajstić information content (AvgIpc) is 2.40. The summed E-state index contributed by atoms with van der Waals surface area (Å²) in [7, 11) is 0. The van der Waals surface area contributed by atoms with Gasteiger partial charge < -0.3 is 10.4 Å². The van der Waals surface area contributed by atoms with Crippen LogP contribution in [-0.2, 0) is 0 Å². The van der Waals surface area contributed by atoms with Crippen molar-refractivity contribution in [2.24, 2.45) is 0 Å². The first kappa shape index (κ1) is 12.9. The summed E-state index contributed by atoms with van der Waals surface area (Å²) in [6, 6.07) is 0. The second-order valence-corrected chi connectivity index (χ2v) is 4.44. The van der Waals surface area contributed by atoms with Gasteiger partial charge in [0, 0.05) is 32.0 Å². The van der Waals surface area contributed by atoms with Crippen molar-refractivity contribution in [3.8, 4) is 0 Å². The molecule has 1 fully saturated rings. The van der Waals surface area contributed by atoms with E-state index in [9.17, 15) is 9.90 Å². The van der Waals surface area contributed by atoms with Crippen LogP contribution >= 0.6 is 0 Å². The molecule has 6 heteroatoms. The lowest BCUT2D eigenvalue weighted by molar-refractivity contribution is 0.0702. The number of aliphatic hydroxyl groups excluding tert-OH is 1. The number of nitrogens with one attached hydrogen (secondary N) is 1. The zero-order valence-electron chi connectivity index (χ0n) is 10.2. The second-order valence-electron chi connectivity index (χ2n) is 4.44. The van der Waals surface area contributed by atoms with Crippen LogP contribution in [0, 0.1) is 0 Å². The van der Waals surface area contributed by atoms with Crippen LogP contribution in [0.3, 0.4) is 0 Å². The number of hydrogen-bond acceptors (Lipinski definition) is 5. The third-order valence-corrected chi connectivity index (χ3v) is 2.99. The summed E-state index contributed by atoms with van der Waals surface area (Å²) in [5.74, 6) is -0.208. The molecule has 1 aromatic rings. The first-order chi connectivity index (χ1) is 8.75. The summed E-state index contributed by atoms with van der Waals surface area (Å²) >= 11 is 0. The molecule has 1 saturated heterocycles. The van der Waals surface area contributed by atoms with Gasteiger partial charge in [0.15, 0.2) is 0 Å². The molecule has 2 N–H and O–H groups in total. The van der Waals surface area contributed by atoms with Gasteiger partial charge in [-0.25, -0.2) is 4.98 Å². The SMILES string of the molecule is O=C(NCCN1CCCC(O)C1)c1cnccn1. The summed E-state index contributed by atoms with van der Waals surface area (Å²) in [6.07, 6.45) is 6.14. The van der Waals surface area contributed by atoms with E-state index in [2.05, 4.69) is 20.2 Å². The maximum Gasteiger partial charge on any atom is 0.271 e. The predicted molar refractivity (Wildman–Crippen MR) is 66.0 cm³/mol. The highest BCUT2D eigenvalue weighted by atomic mass is 16.3. The highest BCUT2D eigenvalue weighted by Gasteiger charge is 2.17. The lowest BCUT2D eigenvalue weighted by Crippen LogP contribution is -2.42. The monoisotopic (exact) mass is 250 g/mol. The standard InChI is InChI=1S/C12H18N4O2/c17-10-2-1-6-16(9-10)7-5-15-12(18)11-8-13-3-4-14-11/h3-4,8,10,17H,1-2,5-7,9H2,(H,15,18). The Labute approximate surface area is 106 Å². The fourth-order valence-corrected chi connectivity index (χ4v) is 2.07. The van der Waals surface area contributed by atoms with Gasteiger partial charge in [-0.15, -0.1) is 0 Å². The molecule has 0 bridgehead atoms. The molecule has 6 nitrogen and oxygen atoms in total. The maximum absolute atomic E-state index is 11.7. The summed E-state index contributed by atoms with van der Waals surface area (Å²) in [5.41, 5.74) is 0.330. The number of rotatable bonds is 4. The van der Waals surface area contributed by atoms with Crippen LogP contribution in [0.15, 0.2) is 18.6 Å². The van der Waals surface area contributed by atoms with E-state index >= 15 is 0 Å². The predicted octanol–water partition coefficient (Wildman–Crippen LogP) is -0.337. The quantitative estimate of drug-likeness (QED) is 0.764. The van der Waals surface area contributed by atoms with Gasteiger partial charge in [-0.1, -0.05) is 0 Å². The lowest BCUT2D eigenvalue weighted by Gasteiger charge is -2.29. The number of hydrogen-bond donors (Lipinski definition) is 2. The van der Waals surface area contributed by atoms with Gasteiger partial charge in [-0.3, -0.25) is 14.7 Å². The molecule has 18 heavy (non-hydrogen) atoms. The van der Waals surface area contributed by atoms with E-state index in [1.54, 1.807) is 0 Å². The number of aliphatic hydroxyl groups is 1. The fraction of sp³-hybridized carbons (Fsp3) is 0.583. The number of nitrogens with zero attached hydrogens (tertiary/aromatic N) is 3. The molecule has 2 heterocycles. The largest absolute Gasteiger partial charge is 0.392 e. The van der Waals surface area contributed by atoms with Crippen LogP contribution in [-0.4, -0.2) is 58.2 Å². The highest BCUT2D eigenvalue weighted by Crippen LogP contribution is 2.08.